The molecule has 0 aliphatic rings. The fourth-order valence-electron chi connectivity index (χ4n) is 0.246. The molecule has 40 valence electrons. The number of hydrogen-bond donors (Lipinski definition) is 1. The summed E-state index contributed by atoms with van der Waals surface area (Å²) < 4.78 is 2.98. The van der Waals surface area contributed by atoms with Crippen LogP contribution in [0, 0.1) is 0 Å². The molecule has 0 unspecified atom stereocenters. The van der Waals surface area contributed by atoms with Crippen LogP contribution < -0.4 is 4.65 Å². The summed E-state index contributed by atoms with van der Waals surface area (Å²) in [5.74, 6) is 0. The van der Waals surface area contributed by atoms with Crippen molar-refractivity contribution in [3.63, 3.8) is 0 Å². The van der Waals surface area contributed by atoms with E-state index in [0.717, 1.165) is 10.4 Å². The van der Waals surface area contributed by atoms with Gasteiger partial charge < -0.3 is 4.65 Å². The van der Waals surface area contributed by atoms with Crippen molar-refractivity contribution in [3.05, 3.63) is 12.7 Å². The Morgan fingerprint density at radius 1 is 2.00 bits per heavy atom. The van der Waals surface area contributed by atoms with E-state index < -0.39 is 9.68 Å². The predicted molar refractivity (Wildman–Crippen MR) is 36.8 cm³/mol. The third kappa shape index (κ3) is 3.64. The molecule has 0 aromatic rings. The normalized spacial score (nSPS) is 10.3. The summed E-state index contributed by atoms with van der Waals surface area (Å²) in [7, 11) is 0.335. The Kier molecular flexibility index (Phi) is 3.86. The van der Waals surface area contributed by atoms with E-state index >= 15 is 0 Å². The number of hydrogen-bond acceptors (Lipinski definition) is 2. The van der Waals surface area contributed by atoms with E-state index in [4.69, 9.17) is 0 Å². The Morgan fingerprint density at radius 2 is 2.57 bits per heavy atom. The van der Waals surface area contributed by atoms with E-state index in [2.05, 4.69) is 11.2 Å². The smallest absolute Gasteiger partial charge is 0.169 e. The lowest BCUT2D eigenvalue weighted by Crippen LogP contribution is -2.22. The molecule has 0 aromatic heterocycles. The van der Waals surface area contributed by atoms with Crippen molar-refractivity contribution in [3.8, 4) is 0 Å². The molecule has 4 heteroatoms. The van der Waals surface area contributed by atoms with Gasteiger partial charge >= 0.3 is 0 Å². The van der Waals surface area contributed by atoms with Crippen LogP contribution >= 0.6 is 0 Å². The zero-order chi connectivity index (χ0) is 5.70. The lowest BCUT2D eigenvalue weighted by atomic mass is 10.7. The van der Waals surface area contributed by atoms with E-state index in [9.17, 15) is 4.79 Å². The van der Waals surface area contributed by atoms with Crippen molar-refractivity contribution in [2.24, 2.45) is 0 Å². The van der Waals surface area contributed by atoms with E-state index in [1.165, 1.54) is 6.08 Å². The van der Waals surface area contributed by atoms with E-state index in [1.807, 2.05) is 0 Å². The molecule has 1 N–H and O–H groups in total. The first-order valence-electron chi connectivity index (χ1n) is 2.11. The van der Waals surface area contributed by atoms with E-state index in [1.54, 1.807) is 0 Å². The summed E-state index contributed by atoms with van der Waals surface area (Å²) in [6, 6.07) is 0. The summed E-state index contributed by atoms with van der Waals surface area (Å²) >= 11 is 0. The third-order valence-electron chi connectivity index (χ3n) is 0.579. The van der Waals surface area contributed by atoms with Crippen LogP contribution in [0.2, 0.25) is 0 Å². The van der Waals surface area contributed by atoms with Gasteiger partial charge in [0.15, 0.2) is 9.68 Å². The molecule has 7 heavy (non-hydrogen) atoms. The minimum atomic E-state index is -0.599. The van der Waals surface area contributed by atoms with Crippen LogP contribution in [0.3, 0.4) is 0 Å². The maximum atomic E-state index is 10.3. The van der Waals surface area contributed by atoms with Gasteiger partial charge in [0, 0.05) is 0 Å². The first-order chi connectivity index (χ1) is 3.31. The molecule has 0 amide bonds. The van der Waals surface area contributed by atoms with Gasteiger partial charge in [-0.05, 0) is 6.08 Å². The lowest BCUT2D eigenvalue weighted by molar-refractivity contribution is -0.108. The van der Waals surface area contributed by atoms with Crippen molar-refractivity contribution >= 4 is 25.5 Å². The minimum Gasteiger partial charge on any atom is -0.366 e. The summed E-state index contributed by atoms with van der Waals surface area (Å²) in [5, 5.41) is 0.204. The van der Waals surface area contributed by atoms with E-state index in [0.29, 0.717) is 0 Å². The molecule has 0 saturated heterocycles. The SMILES string of the molecule is C=CC(=O)[SiH2]N[SiH3]. The monoisotopic (exact) mass is 131 g/mol. The molecule has 0 saturated carbocycles. The molecule has 0 aliphatic heterocycles. The molecule has 0 atom stereocenters. The van der Waals surface area contributed by atoms with Crippen LogP contribution in [0.15, 0.2) is 12.7 Å². The first kappa shape index (κ1) is 6.80. The van der Waals surface area contributed by atoms with Gasteiger partial charge in [-0.25, -0.2) is 0 Å². The standard InChI is InChI=1S/C3H9NOSi2/c1-2-3(5)7-4-6/h2,4H,1,7H2,6H3. The molecular formula is C3H9NOSi2. The van der Waals surface area contributed by atoms with Gasteiger partial charge in [0.1, 0.15) is 5.41 Å². The van der Waals surface area contributed by atoms with Crippen LogP contribution in [0.4, 0.5) is 0 Å². The van der Waals surface area contributed by atoms with Crippen molar-refractivity contribution in [1.82, 2.24) is 4.65 Å². The molecule has 0 bridgehead atoms. The zero-order valence-electron chi connectivity index (χ0n) is 4.40. The zero-order valence-corrected chi connectivity index (χ0v) is 7.81. The summed E-state index contributed by atoms with van der Waals surface area (Å²) in [6.45, 7) is 3.34. The Bertz CT molecular complexity index is 83.0. The third-order valence-corrected chi connectivity index (χ3v) is 2.63. The highest BCUT2D eigenvalue weighted by Gasteiger charge is 1.88. The van der Waals surface area contributed by atoms with Crippen molar-refractivity contribution in [2.75, 3.05) is 0 Å². The fraction of sp³-hybridized carbons (Fsp3) is 0. The highest BCUT2D eigenvalue weighted by atomic mass is 28.3. The first-order valence-corrected chi connectivity index (χ1v) is 4.52. The van der Waals surface area contributed by atoms with Crippen LogP contribution in [0.25, 0.3) is 0 Å². The van der Waals surface area contributed by atoms with Crippen molar-refractivity contribution in [1.29, 1.82) is 0 Å². The Morgan fingerprint density at radius 3 is 2.71 bits per heavy atom. The Balaban J connectivity index is 3.17. The topological polar surface area (TPSA) is 29.1 Å². The Labute approximate surface area is 48.4 Å². The van der Waals surface area contributed by atoms with Crippen molar-refractivity contribution < 1.29 is 4.79 Å². The molecule has 0 fully saturated rings. The molecule has 0 spiro atoms. The summed E-state index contributed by atoms with van der Waals surface area (Å²) in [6.07, 6.45) is 1.39. The molecule has 0 aliphatic carbocycles. The van der Waals surface area contributed by atoms with Gasteiger partial charge in [0.25, 0.3) is 0 Å². The maximum absolute atomic E-state index is 10.3. The van der Waals surface area contributed by atoms with Crippen LogP contribution in [0.1, 0.15) is 0 Å². The van der Waals surface area contributed by atoms with E-state index in [-0.39, 0.29) is 5.41 Å². The van der Waals surface area contributed by atoms with Crippen molar-refractivity contribution in [2.45, 2.75) is 0 Å². The molecular weight excluding hydrogens is 122 g/mol. The van der Waals surface area contributed by atoms with Crippen LogP contribution in [-0.4, -0.2) is 25.5 Å². The average Bonchev–Trinajstić information content (AvgIpc) is 1.68. The second kappa shape index (κ2) is 3.98. The predicted octanol–water partition coefficient (Wildman–Crippen LogP) is -2.35. The summed E-state index contributed by atoms with van der Waals surface area (Å²) in [4.78, 5) is 10.3. The lowest BCUT2D eigenvalue weighted by Gasteiger charge is -1.85. The minimum absolute atomic E-state index is 0.204. The fourth-order valence-corrected chi connectivity index (χ4v) is 1.78. The molecule has 2 nitrogen and oxygen atoms in total. The maximum Gasteiger partial charge on any atom is 0.169 e. The molecule has 0 rings (SSSR count). The number of nitrogens with one attached hydrogen (secondary N) is 1. The highest BCUT2D eigenvalue weighted by molar-refractivity contribution is 6.77. The van der Waals surface area contributed by atoms with Gasteiger partial charge in [-0.1, -0.05) is 6.58 Å². The number of carbonyl (C=O) groups excluding carboxylic acids is 1. The highest BCUT2D eigenvalue weighted by Crippen LogP contribution is 1.61. The molecule has 0 heterocycles. The molecule has 0 aromatic carbocycles. The van der Waals surface area contributed by atoms with Crippen LogP contribution in [-0.2, 0) is 4.79 Å². The number of carbonyl (C=O) groups is 1. The summed E-state index contributed by atoms with van der Waals surface area (Å²) in [5.41, 5.74) is 0. The molecule has 0 radical (unpaired) electrons. The Hall–Kier alpha value is -0.196. The van der Waals surface area contributed by atoms with Gasteiger partial charge in [-0.2, -0.15) is 0 Å². The van der Waals surface area contributed by atoms with Gasteiger partial charge in [0.2, 0.25) is 0 Å². The number of rotatable bonds is 3. The van der Waals surface area contributed by atoms with Gasteiger partial charge in [0.05, 0.1) is 10.4 Å². The second-order valence-electron chi connectivity index (χ2n) is 1.20. The van der Waals surface area contributed by atoms with Gasteiger partial charge in [-0.3, -0.25) is 4.79 Å². The quantitative estimate of drug-likeness (QED) is 0.343. The largest absolute Gasteiger partial charge is 0.366 e. The second-order valence-corrected chi connectivity index (χ2v) is 5.08. The number of allylic oxidation sites excluding steroid dienone is 1. The average molecular weight is 131 g/mol. The van der Waals surface area contributed by atoms with Crippen LogP contribution in [0.5, 0.6) is 0 Å². The van der Waals surface area contributed by atoms with Gasteiger partial charge in [-0.15, -0.1) is 0 Å².